The van der Waals surface area contributed by atoms with Crippen molar-refractivity contribution in [2.24, 2.45) is 5.41 Å². The van der Waals surface area contributed by atoms with Crippen LogP contribution in [0.1, 0.15) is 27.2 Å². The normalized spacial score (nSPS) is 29.5. The molecule has 1 aliphatic rings. The highest BCUT2D eigenvalue weighted by Gasteiger charge is 2.54. The van der Waals surface area contributed by atoms with E-state index in [9.17, 15) is 9.59 Å². The molecule has 0 aromatic carbocycles. The quantitative estimate of drug-likeness (QED) is 0.590. The van der Waals surface area contributed by atoms with E-state index in [0.29, 0.717) is 0 Å². The van der Waals surface area contributed by atoms with Crippen LogP contribution in [0.2, 0.25) is 0 Å². The lowest BCUT2D eigenvalue weighted by molar-refractivity contribution is -0.132. The third-order valence-electron chi connectivity index (χ3n) is 2.48. The zero-order chi connectivity index (χ0) is 11.9. The van der Waals surface area contributed by atoms with Gasteiger partial charge in [-0.3, -0.25) is 20.4 Å². The van der Waals surface area contributed by atoms with Gasteiger partial charge in [0.2, 0.25) is 5.91 Å². The van der Waals surface area contributed by atoms with Gasteiger partial charge in [0.15, 0.2) is 0 Å². The minimum absolute atomic E-state index is 0.158. The largest absolute Gasteiger partial charge is 0.273 e. The number of hydrogen-bond acceptors (Lipinski definition) is 2. The molecule has 1 fully saturated rings. The Bertz CT molecular complexity index is 301. The summed E-state index contributed by atoms with van der Waals surface area (Å²) in [6, 6.07) is 0. The predicted molar refractivity (Wildman–Crippen MR) is 64.7 cm³/mol. The number of carbonyl (C=O) groups excluding carboxylic acids is 2. The van der Waals surface area contributed by atoms with Gasteiger partial charge in [0.1, 0.15) is 4.32 Å². The summed E-state index contributed by atoms with van der Waals surface area (Å²) in [5.74, 6) is -0.430. The molecule has 0 saturated heterocycles. The number of hydrogen-bond donors (Lipinski definition) is 2. The first-order chi connectivity index (χ1) is 6.68. The number of alkyl halides is 2. The molecule has 0 aromatic heterocycles. The van der Waals surface area contributed by atoms with E-state index in [2.05, 4.69) is 42.7 Å². The van der Waals surface area contributed by atoms with Crippen LogP contribution < -0.4 is 10.9 Å². The molecular weight excluding hydrogens is 328 g/mol. The standard InChI is InChI=1S/C9H14Br2N2O2/c1-8(2,11)6(14)12-13-7(15)9(3)4-5(9)10/h5H,4H2,1-3H3,(H,12,14)(H,13,15)/t5-,9+/m0/s1. The zero-order valence-electron chi connectivity index (χ0n) is 8.86. The predicted octanol–water partition coefficient (Wildman–Crippen LogP) is 1.48. The highest BCUT2D eigenvalue weighted by molar-refractivity contribution is 9.10. The van der Waals surface area contributed by atoms with Crippen molar-refractivity contribution >= 4 is 43.7 Å². The molecule has 1 aliphatic carbocycles. The first-order valence-corrected chi connectivity index (χ1v) is 6.32. The molecule has 0 heterocycles. The molecule has 4 nitrogen and oxygen atoms in total. The second-order valence-electron chi connectivity index (χ2n) is 4.47. The molecule has 0 unspecified atom stereocenters. The molecular formula is C9H14Br2N2O2. The minimum Gasteiger partial charge on any atom is -0.273 e. The lowest BCUT2D eigenvalue weighted by atomic mass is 10.1. The summed E-state index contributed by atoms with van der Waals surface area (Å²) < 4.78 is -0.682. The monoisotopic (exact) mass is 340 g/mol. The third kappa shape index (κ3) is 2.93. The van der Waals surface area contributed by atoms with E-state index in [1.165, 1.54) is 0 Å². The summed E-state index contributed by atoms with van der Waals surface area (Å²) in [6.45, 7) is 5.27. The van der Waals surface area contributed by atoms with Crippen molar-refractivity contribution in [1.29, 1.82) is 0 Å². The SMILES string of the molecule is CC(C)(Br)C(=O)NNC(=O)[C@]1(C)C[C@@H]1Br. The molecule has 0 aliphatic heterocycles. The second kappa shape index (κ2) is 4.05. The third-order valence-corrected chi connectivity index (χ3v) is 4.18. The number of amides is 2. The van der Waals surface area contributed by atoms with Crippen LogP contribution in [-0.2, 0) is 9.59 Å². The van der Waals surface area contributed by atoms with Gasteiger partial charge in [0.05, 0.1) is 5.41 Å². The number of hydrazine groups is 1. The molecule has 2 N–H and O–H groups in total. The van der Waals surface area contributed by atoms with Gasteiger partial charge in [-0.1, -0.05) is 31.9 Å². The highest BCUT2D eigenvalue weighted by atomic mass is 79.9. The first-order valence-electron chi connectivity index (χ1n) is 4.62. The van der Waals surface area contributed by atoms with Crippen molar-refractivity contribution in [2.75, 3.05) is 0 Å². The first kappa shape index (κ1) is 13.0. The van der Waals surface area contributed by atoms with Crippen LogP contribution >= 0.6 is 31.9 Å². The average molecular weight is 342 g/mol. The van der Waals surface area contributed by atoms with Crippen LogP contribution in [0.4, 0.5) is 0 Å². The Morgan fingerprint density at radius 2 is 1.87 bits per heavy atom. The van der Waals surface area contributed by atoms with Gasteiger partial charge in [-0.2, -0.15) is 0 Å². The van der Waals surface area contributed by atoms with E-state index in [0.717, 1.165) is 6.42 Å². The maximum Gasteiger partial charge on any atom is 0.254 e. The van der Waals surface area contributed by atoms with Gasteiger partial charge in [-0.15, -0.1) is 0 Å². The molecule has 6 heteroatoms. The maximum atomic E-state index is 11.6. The van der Waals surface area contributed by atoms with Gasteiger partial charge >= 0.3 is 0 Å². The summed E-state index contributed by atoms with van der Waals surface area (Å²) in [4.78, 5) is 23.2. The topological polar surface area (TPSA) is 58.2 Å². The smallest absolute Gasteiger partial charge is 0.254 e. The van der Waals surface area contributed by atoms with E-state index in [1.807, 2.05) is 6.92 Å². The van der Waals surface area contributed by atoms with Crippen molar-refractivity contribution in [1.82, 2.24) is 10.9 Å². The fourth-order valence-corrected chi connectivity index (χ4v) is 1.93. The summed E-state index contributed by atoms with van der Waals surface area (Å²) >= 11 is 6.57. The summed E-state index contributed by atoms with van der Waals surface area (Å²) in [5.41, 5.74) is 4.42. The molecule has 0 radical (unpaired) electrons. The van der Waals surface area contributed by atoms with E-state index in [4.69, 9.17) is 0 Å². The Morgan fingerprint density at radius 3 is 2.20 bits per heavy atom. The van der Waals surface area contributed by atoms with Crippen LogP contribution in [0.5, 0.6) is 0 Å². The van der Waals surface area contributed by atoms with Crippen LogP contribution in [0.3, 0.4) is 0 Å². The van der Waals surface area contributed by atoms with E-state index in [1.54, 1.807) is 13.8 Å². The molecule has 0 aromatic rings. The van der Waals surface area contributed by atoms with Gasteiger partial charge in [-0.05, 0) is 27.2 Å². The van der Waals surface area contributed by atoms with E-state index < -0.39 is 4.32 Å². The molecule has 1 saturated carbocycles. The van der Waals surface area contributed by atoms with Gasteiger partial charge in [0, 0.05) is 4.83 Å². The van der Waals surface area contributed by atoms with Crippen LogP contribution in [0.25, 0.3) is 0 Å². The number of carbonyl (C=O) groups is 2. The van der Waals surface area contributed by atoms with Crippen molar-refractivity contribution < 1.29 is 9.59 Å². The summed E-state index contributed by atoms with van der Waals surface area (Å²) in [7, 11) is 0. The van der Waals surface area contributed by atoms with Crippen LogP contribution in [0.15, 0.2) is 0 Å². The van der Waals surface area contributed by atoms with Crippen molar-refractivity contribution in [3.8, 4) is 0 Å². The second-order valence-corrected chi connectivity index (χ2v) is 7.56. The number of nitrogens with one attached hydrogen (secondary N) is 2. The van der Waals surface area contributed by atoms with Crippen LogP contribution in [-0.4, -0.2) is 21.0 Å². The average Bonchev–Trinajstić information content (AvgIpc) is 2.69. The van der Waals surface area contributed by atoms with Gasteiger partial charge < -0.3 is 0 Å². The summed E-state index contributed by atoms with van der Waals surface area (Å²) in [6.07, 6.45) is 0.798. The zero-order valence-corrected chi connectivity index (χ0v) is 12.0. The summed E-state index contributed by atoms with van der Waals surface area (Å²) in [5, 5.41) is 0. The molecule has 1 rings (SSSR count). The molecule has 2 amide bonds. The van der Waals surface area contributed by atoms with Gasteiger partial charge in [0.25, 0.3) is 5.91 Å². The van der Waals surface area contributed by atoms with E-state index >= 15 is 0 Å². The minimum atomic E-state index is -0.682. The maximum absolute atomic E-state index is 11.6. The Balaban J connectivity index is 2.39. The Labute approximate surface area is 106 Å². The molecule has 2 atom stereocenters. The lowest BCUT2D eigenvalue weighted by Gasteiger charge is -2.17. The van der Waals surface area contributed by atoms with E-state index in [-0.39, 0.29) is 22.1 Å². The Hall–Kier alpha value is -0.100. The lowest BCUT2D eigenvalue weighted by Crippen LogP contribution is -2.50. The van der Waals surface area contributed by atoms with Crippen molar-refractivity contribution in [3.63, 3.8) is 0 Å². The number of halogens is 2. The molecule has 15 heavy (non-hydrogen) atoms. The van der Waals surface area contributed by atoms with Gasteiger partial charge in [-0.25, -0.2) is 0 Å². The molecule has 0 bridgehead atoms. The Kier molecular flexibility index (Phi) is 3.50. The highest BCUT2D eigenvalue weighted by Crippen LogP contribution is 2.51. The van der Waals surface area contributed by atoms with Crippen molar-refractivity contribution in [3.05, 3.63) is 0 Å². The fourth-order valence-electron chi connectivity index (χ4n) is 0.953. The number of rotatable bonds is 2. The van der Waals surface area contributed by atoms with Crippen LogP contribution in [0, 0.1) is 5.41 Å². The molecule has 86 valence electrons. The van der Waals surface area contributed by atoms with Crippen molar-refractivity contribution in [2.45, 2.75) is 36.3 Å². The fraction of sp³-hybridized carbons (Fsp3) is 0.778. The Morgan fingerprint density at radius 1 is 1.40 bits per heavy atom. The molecule has 0 spiro atoms.